The van der Waals surface area contributed by atoms with Gasteiger partial charge in [0.05, 0.1) is 17.1 Å². The fourth-order valence-corrected chi connectivity index (χ4v) is 2.27. The van der Waals surface area contributed by atoms with E-state index in [0.29, 0.717) is 10.9 Å². The maximum atomic E-state index is 11.6. The Morgan fingerprint density at radius 1 is 1.55 bits per heavy atom. The van der Waals surface area contributed by atoms with Gasteiger partial charge in [-0.05, 0) is 13.0 Å². The molecule has 1 unspecified atom stereocenters. The molecule has 20 heavy (non-hydrogen) atoms. The van der Waals surface area contributed by atoms with E-state index in [1.54, 1.807) is 0 Å². The van der Waals surface area contributed by atoms with E-state index in [1.165, 1.54) is 19.1 Å². The normalized spacial score (nSPS) is 17.7. The molecular formula is C12H10BrNO6. The number of rotatable bonds is 4. The number of nitro groups is 1. The first-order valence-corrected chi connectivity index (χ1v) is 6.51. The SMILES string of the molecule is CC(=O)c1cc(Br)cc([N+](=O)[O-])c1OC1CCOC1=O. The molecule has 1 aromatic rings. The third-order valence-electron chi connectivity index (χ3n) is 2.76. The maximum Gasteiger partial charge on any atom is 0.347 e. The van der Waals surface area contributed by atoms with E-state index in [2.05, 4.69) is 15.9 Å². The molecule has 0 aromatic heterocycles. The summed E-state index contributed by atoms with van der Waals surface area (Å²) in [5, 5.41) is 11.1. The third kappa shape index (κ3) is 2.79. The zero-order valence-corrected chi connectivity index (χ0v) is 12.0. The molecule has 0 aliphatic carbocycles. The molecule has 8 heteroatoms. The van der Waals surface area contributed by atoms with Gasteiger partial charge in [-0.3, -0.25) is 14.9 Å². The summed E-state index contributed by atoms with van der Waals surface area (Å²) in [6, 6.07) is 2.65. The molecule has 7 nitrogen and oxygen atoms in total. The molecule has 106 valence electrons. The molecule has 2 rings (SSSR count). The van der Waals surface area contributed by atoms with Gasteiger partial charge >= 0.3 is 11.7 Å². The molecule has 1 aromatic carbocycles. The first-order chi connectivity index (χ1) is 9.40. The van der Waals surface area contributed by atoms with Crippen molar-refractivity contribution in [3.8, 4) is 5.75 Å². The summed E-state index contributed by atoms with van der Waals surface area (Å²) < 4.78 is 10.5. The van der Waals surface area contributed by atoms with Crippen molar-refractivity contribution in [2.75, 3.05) is 6.61 Å². The fraction of sp³-hybridized carbons (Fsp3) is 0.333. The molecule has 1 aliphatic rings. The molecule has 0 amide bonds. The van der Waals surface area contributed by atoms with Gasteiger partial charge in [-0.25, -0.2) is 4.79 Å². The van der Waals surface area contributed by atoms with E-state index < -0.39 is 22.8 Å². The van der Waals surface area contributed by atoms with Gasteiger partial charge in [0.25, 0.3) is 0 Å². The molecule has 0 spiro atoms. The van der Waals surface area contributed by atoms with Crippen LogP contribution < -0.4 is 4.74 Å². The van der Waals surface area contributed by atoms with Crippen molar-refractivity contribution in [3.63, 3.8) is 0 Å². The molecule has 1 saturated heterocycles. The number of carbonyl (C=O) groups is 2. The van der Waals surface area contributed by atoms with Crippen molar-refractivity contribution in [1.82, 2.24) is 0 Å². The van der Waals surface area contributed by atoms with Gasteiger partial charge in [-0.15, -0.1) is 0 Å². The van der Waals surface area contributed by atoms with Gasteiger partial charge in [-0.2, -0.15) is 0 Å². The number of cyclic esters (lactones) is 1. The molecular weight excluding hydrogens is 334 g/mol. The Balaban J connectivity index is 2.50. The topological polar surface area (TPSA) is 95.7 Å². The van der Waals surface area contributed by atoms with Crippen LogP contribution >= 0.6 is 15.9 Å². The highest BCUT2D eigenvalue weighted by Gasteiger charge is 2.33. The van der Waals surface area contributed by atoms with Crippen LogP contribution in [-0.2, 0) is 9.53 Å². The molecule has 0 N–H and O–H groups in total. The van der Waals surface area contributed by atoms with E-state index in [0.717, 1.165) is 0 Å². The van der Waals surface area contributed by atoms with Crippen molar-refractivity contribution < 1.29 is 24.0 Å². The lowest BCUT2D eigenvalue weighted by molar-refractivity contribution is -0.386. The van der Waals surface area contributed by atoms with Crippen LogP contribution in [0.2, 0.25) is 0 Å². The van der Waals surface area contributed by atoms with Crippen LogP contribution in [0.5, 0.6) is 5.75 Å². The predicted molar refractivity (Wildman–Crippen MR) is 70.8 cm³/mol. The standard InChI is InChI=1S/C12H10BrNO6/c1-6(15)8-4-7(13)5-9(14(17)18)11(8)20-10-2-3-19-12(10)16/h4-5,10H,2-3H2,1H3. The number of carbonyl (C=O) groups excluding carboxylic acids is 2. The maximum absolute atomic E-state index is 11.6. The molecule has 0 bridgehead atoms. The van der Waals surface area contributed by atoms with Gasteiger partial charge in [-0.1, -0.05) is 15.9 Å². The number of benzene rings is 1. The minimum Gasteiger partial charge on any atom is -0.471 e. The molecule has 1 heterocycles. The van der Waals surface area contributed by atoms with E-state index in [-0.39, 0.29) is 23.6 Å². The van der Waals surface area contributed by atoms with Gasteiger partial charge < -0.3 is 9.47 Å². The first kappa shape index (κ1) is 14.4. The third-order valence-corrected chi connectivity index (χ3v) is 3.22. The van der Waals surface area contributed by atoms with E-state index in [1.807, 2.05) is 0 Å². The Labute approximate surface area is 122 Å². The zero-order valence-electron chi connectivity index (χ0n) is 10.4. The summed E-state index contributed by atoms with van der Waals surface area (Å²) >= 11 is 3.10. The minimum absolute atomic E-state index is 0.0470. The average molecular weight is 344 g/mol. The van der Waals surface area contributed by atoms with Gasteiger partial charge in [0.15, 0.2) is 11.9 Å². The molecule has 1 atom stereocenters. The number of ketones is 1. The highest BCUT2D eigenvalue weighted by atomic mass is 79.9. The number of esters is 1. The van der Waals surface area contributed by atoms with Crippen LogP contribution in [-0.4, -0.2) is 29.4 Å². The highest BCUT2D eigenvalue weighted by molar-refractivity contribution is 9.10. The monoisotopic (exact) mass is 343 g/mol. The number of nitro benzene ring substituents is 1. The van der Waals surface area contributed by atoms with Crippen molar-refractivity contribution in [2.24, 2.45) is 0 Å². The predicted octanol–water partition coefficient (Wildman–Crippen LogP) is 2.25. The van der Waals surface area contributed by atoms with E-state index in [4.69, 9.17) is 9.47 Å². The van der Waals surface area contributed by atoms with E-state index in [9.17, 15) is 19.7 Å². The fourth-order valence-electron chi connectivity index (χ4n) is 1.83. The lowest BCUT2D eigenvalue weighted by Crippen LogP contribution is -2.23. The number of ether oxygens (including phenoxy) is 2. The lowest BCUT2D eigenvalue weighted by Gasteiger charge is -2.13. The Bertz CT molecular complexity index is 565. The Morgan fingerprint density at radius 2 is 2.25 bits per heavy atom. The van der Waals surface area contributed by atoms with Crippen LogP contribution in [0.25, 0.3) is 0 Å². The summed E-state index contributed by atoms with van der Waals surface area (Å²) in [4.78, 5) is 33.4. The Hall–Kier alpha value is -1.96. The minimum atomic E-state index is -0.923. The average Bonchev–Trinajstić information content (AvgIpc) is 2.76. The quantitative estimate of drug-likeness (QED) is 0.360. The number of hydrogen-bond donors (Lipinski definition) is 0. The van der Waals surface area contributed by atoms with Crippen LogP contribution in [0, 0.1) is 10.1 Å². The van der Waals surface area contributed by atoms with Crippen LogP contribution in [0.15, 0.2) is 16.6 Å². The number of hydrogen-bond acceptors (Lipinski definition) is 6. The second-order valence-corrected chi connectivity index (χ2v) is 5.09. The van der Waals surface area contributed by atoms with Gasteiger partial charge in [0.2, 0.25) is 5.75 Å². The second-order valence-electron chi connectivity index (χ2n) is 4.18. The van der Waals surface area contributed by atoms with Gasteiger partial charge in [0.1, 0.15) is 0 Å². The largest absolute Gasteiger partial charge is 0.471 e. The van der Waals surface area contributed by atoms with Crippen LogP contribution in [0.3, 0.4) is 0 Å². The van der Waals surface area contributed by atoms with Gasteiger partial charge in [0, 0.05) is 17.0 Å². The molecule has 0 saturated carbocycles. The smallest absolute Gasteiger partial charge is 0.347 e. The van der Waals surface area contributed by atoms with E-state index >= 15 is 0 Å². The molecule has 1 fully saturated rings. The number of nitrogens with zero attached hydrogens (tertiary/aromatic N) is 1. The van der Waals surface area contributed by atoms with Crippen molar-refractivity contribution in [3.05, 3.63) is 32.3 Å². The number of Topliss-reactive ketones (excluding diaryl/α,β-unsaturated/α-hetero) is 1. The lowest BCUT2D eigenvalue weighted by atomic mass is 10.1. The second kappa shape index (κ2) is 5.58. The summed E-state index contributed by atoms with van der Waals surface area (Å²) in [7, 11) is 0. The molecule has 0 radical (unpaired) electrons. The summed E-state index contributed by atoms with van der Waals surface area (Å²) in [6.07, 6.45) is -0.628. The summed E-state index contributed by atoms with van der Waals surface area (Å²) in [5.74, 6) is -1.18. The summed E-state index contributed by atoms with van der Waals surface area (Å²) in [6.45, 7) is 1.47. The van der Waals surface area contributed by atoms with Crippen molar-refractivity contribution in [1.29, 1.82) is 0 Å². The van der Waals surface area contributed by atoms with Crippen molar-refractivity contribution >= 4 is 33.4 Å². The molecule has 1 aliphatic heterocycles. The number of halogens is 1. The zero-order chi connectivity index (χ0) is 14.9. The summed E-state index contributed by atoms with van der Waals surface area (Å²) in [5.41, 5.74) is -0.324. The highest BCUT2D eigenvalue weighted by Crippen LogP contribution is 2.36. The Morgan fingerprint density at radius 3 is 2.75 bits per heavy atom. The first-order valence-electron chi connectivity index (χ1n) is 5.72. The van der Waals surface area contributed by atoms with Crippen LogP contribution in [0.1, 0.15) is 23.7 Å². The van der Waals surface area contributed by atoms with Crippen molar-refractivity contribution in [2.45, 2.75) is 19.4 Å². The van der Waals surface area contributed by atoms with Crippen LogP contribution in [0.4, 0.5) is 5.69 Å². The Kier molecular flexibility index (Phi) is 4.03.